The molecule has 0 rings (SSSR count). The van der Waals surface area contributed by atoms with Crippen molar-refractivity contribution >= 4 is 17.7 Å². The van der Waals surface area contributed by atoms with Gasteiger partial charge in [-0.15, -0.1) is 11.8 Å². The van der Waals surface area contributed by atoms with Gasteiger partial charge in [0.15, 0.2) is 0 Å². The molecule has 0 saturated carbocycles. The zero-order chi connectivity index (χ0) is 13.1. The molecule has 0 heterocycles. The average molecular weight is 240 g/mol. The van der Waals surface area contributed by atoms with Gasteiger partial charge in [-0.2, -0.15) is 0 Å². The number of carbonyl (C=O) groups is 3. The Kier molecular flexibility index (Phi) is 8.39. The van der Waals surface area contributed by atoms with Crippen LogP contribution in [0.15, 0.2) is 0 Å². The first-order valence-corrected chi connectivity index (χ1v) is 5.39. The molecule has 0 amide bonds. The molecule has 0 aliphatic heterocycles. The molecule has 0 spiro atoms. The zero-order valence-electron chi connectivity index (χ0n) is 9.82. The highest BCUT2D eigenvalue weighted by molar-refractivity contribution is 6.33. The van der Waals surface area contributed by atoms with E-state index >= 15 is 0 Å². The second-order valence-corrected chi connectivity index (χ2v) is 3.34. The van der Waals surface area contributed by atoms with E-state index in [0.29, 0.717) is 6.42 Å². The topological polar surface area (TPSA) is 80.7 Å². The van der Waals surface area contributed by atoms with E-state index in [4.69, 9.17) is 5.11 Å². The fraction of sp³-hybridized carbons (Fsp3) is 0.583. The summed E-state index contributed by atoms with van der Waals surface area (Å²) in [7, 11) is 0. The minimum absolute atomic E-state index is 0.170. The number of unbranched alkanes of at least 4 members (excludes halogenated alkanes) is 2. The standard InChI is InChI=1S/C12H16O5/c1-2-3-4-5-6-9-17-12(16)10(13)7-8-11(14)15/h4-9H2,1H3,(H,14,15). The van der Waals surface area contributed by atoms with Crippen LogP contribution in [0.25, 0.3) is 0 Å². The summed E-state index contributed by atoms with van der Waals surface area (Å²) >= 11 is 0. The Labute approximate surface area is 100 Å². The maximum Gasteiger partial charge on any atom is 0.374 e. The SMILES string of the molecule is CC#CCCCCOC(=O)C(=O)CCC(=O)O. The van der Waals surface area contributed by atoms with Crippen LogP contribution >= 0.6 is 0 Å². The van der Waals surface area contributed by atoms with Crippen molar-refractivity contribution in [2.24, 2.45) is 0 Å². The Morgan fingerprint density at radius 1 is 1.18 bits per heavy atom. The molecule has 5 nitrogen and oxygen atoms in total. The summed E-state index contributed by atoms with van der Waals surface area (Å²) < 4.78 is 4.69. The number of hydrogen-bond donors (Lipinski definition) is 1. The lowest BCUT2D eigenvalue weighted by molar-refractivity contribution is -0.154. The Morgan fingerprint density at radius 2 is 1.88 bits per heavy atom. The van der Waals surface area contributed by atoms with Gasteiger partial charge in [-0.25, -0.2) is 4.79 Å². The van der Waals surface area contributed by atoms with Crippen molar-refractivity contribution in [1.82, 2.24) is 0 Å². The molecule has 0 radical (unpaired) electrons. The van der Waals surface area contributed by atoms with Crippen LogP contribution < -0.4 is 0 Å². The number of Topliss-reactive ketones (excluding diaryl/α,β-unsaturated/α-hetero) is 1. The summed E-state index contributed by atoms with van der Waals surface area (Å²) in [6, 6.07) is 0. The molecule has 0 aromatic heterocycles. The van der Waals surface area contributed by atoms with Crippen LogP contribution in [0.4, 0.5) is 0 Å². The van der Waals surface area contributed by atoms with E-state index in [0.717, 1.165) is 12.8 Å². The summed E-state index contributed by atoms with van der Waals surface area (Å²) in [5.41, 5.74) is 0. The Bertz CT molecular complexity index is 335. The molecule has 0 bridgehead atoms. The van der Waals surface area contributed by atoms with E-state index < -0.39 is 17.7 Å². The minimum Gasteiger partial charge on any atom is -0.481 e. The van der Waals surface area contributed by atoms with Crippen molar-refractivity contribution in [3.05, 3.63) is 0 Å². The Morgan fingerprint density at radius 3 is 2.47 bits per heavy atom. The minimum atomic E-state index is -1.11. The predicted molar refractivity (Wildman–Crippen MR) is 60.1 cm³/mol. The monoisotopic (exact) mass is 240 g/mol. The third kappa shape index (κ3) is 9.12. The second-order valence-electron chi connectivity index (χ2n) is 3.34. The maximum absolute atomic E-state index is 11.1. The third-order valence-corrected chi connectivity index (χ3v) is 1.90. The van der Waals surface area contributed by atoms with Gasteiger partial charge in [0.2, 0.25) is 5.78 Å². The summed E-state index contributed by atoms with van der Waals surface area (Å²) in [6.45, 7) is 1.92. The van der Waals surface area contributed by atoms with Gasteiger partial charge >= 0.3 is 11.9 Å². The van der Waals surface area contributed by atoms with E-state index in [-0.39, 0.29) is 19.4 Å². The second kappa shape index (κ2) is 9.40. The fourth-order valence-corrected chi connectivity index (χ4v) is 1.01. The van der Waals surface area contributed by atoms with E-state index in [9.17, 15) is 14.4 Å². The number of ketones is 1. The van der Waals surface area contributed by atoms with Gasteiger partial charge in [-0.05, 0) is 19.8 Å². The average Bonchev–Trinajstić information content (AvgIpc) is 2.30. The molecule has 0 fully saturated rings. The van der Waals surface area contributed by atoms with Gasteiger partial charge in [0, 0.05) is 12.8 Å². The number of carboxylic acid groups (broad SMARTS) is 1. The number of aliphatic carboxylic acids is 1. The van der Waals surface area contributed by atoms with Gasteiger partial charge in [-0.1, -0.05) is 0 Å². The van der Waals surface area contributed by atoms with Crippen molar-refractivity contribution < 1.29 is 24.2 Å². The Hall–Kier alpha value is -1.83. The first-order chi connectivity index (χ1) is 8.07. The molecule has 17 heavy (non-hydrogen) atoms. The smallest absolute Gasteiger partial charge is 0.374 e. The van der Waals surface area contributed by atoms with Crippen molar-refractivity contribution in [3.63, 3.8) is 0 Å². The van der Waals surface area contributed by atoms with Crippen molar-refractivity contribution in [2.45, 2.75) is 39.0 Å². The lowest BCUT2D eigenvalue weighted by atomic mass is 10.2. The van der Waals surface area contributed by atoms with Crippen molar-refractivity contribution in [1.29, 1.82) is 0 Å². The summed E-state index contributed by atoms with van der Waals surface area (Å²) in [6.07, 6.45) is 1.53. The van der Waals surface area contributed by atoms with Crippen LogP contribution in [0.1, 0.15) is 39.0 Å². The summed E-state index contributed by atoms with van der Waals surface area (Å²) in [4.78, 5) is 32.3. The quantitative estimate of drug-likeness (QED) is 0.298. The maximum atomic E-state index is 11.1. The Balaban J connectivity index is 3.59. The number of hydrogen-bond acceptors (Lipinski definition) is 4. The van der Waals surface area contributed by atoms with E-state index in [1.54, 1.807) is 6.92 Å². The molecule has 5 heteroatoms. The number of esters is 1. The van der Waals surface area contributed by atoms with Crippen molar-refractivity contribution in [3.8, 4) is 11.8 Å². The lowest BCUT2D eigenvalue weighted by Gasteiger charge is -2.02. The summed E-state index contributed by atoms with van der Waals surface area (Å²) in [5, 5.41) is 8.32. The molecule has 0 aliphatic carbocycles. The van der Waals surface area contributed by atoms with Crippen LogP contribution in [0.5, 0.6) is 0 Å². The van der Waals surface area contributed by atoms with Crippen LogP contribution in [0, 0.1) is 11.8 Å². The first kappa shape index (κ1) is 15.2. The molecule has 0 aliphatic rings. The van der Waals surface area contributed by atoms with Crippen LogP contribution in [-0.2, 0) is 19.1 Å². The normalized spacial score (nSPS) is 9.00. The number of carbonyl (C=O) groups excluding carboxylic acids is 2. The molecule has 0 atom stereocenters. The highest BCUT2D eigenvalue weighted by atomic mass is 16.5. The predicted octanol–water partition coefficient (Wildman–Crippen LogP) is 1.16. The van der Waals surface area contributed by atoms with Crippen LogP contribution in [0.3, 0.4) is 0 Å². The van der Waals surface area contributed by atoms with Gasteiger partial charge in [0.1, 0.15) is 0 Å². The third-order valence-electron chi connectivity index (χ3n) is 1.90. The highest BCUT2D eigenvalue weighted by Gasteiger charge is 2.16. The van der Waals surface area contributed by atoms with E-state index in [2.05, 4.69) is 16.6 Å². The van der Waals surface area contributed by atoms with Gasteiger partial charge in [-0.3, -0.25) is 9.59 Å². The van der Waals surface area contributed by atoms with Gasteiger partial charge in [0.25, 0.3) is 0 Å². The van der Waals surface area contributed by atoms with Crippen LogP contribution in [0.2, 0.25) is 0 Å². The number of carboxylic acids is 1. The van der Waals surface area contributed by atoms with Crippen molar-refractivity contribution in [2.75, 3.05) is 6.61 Å². The molecule has 0 saturated heterocycles. The van der Waals surface area contributed by atoms with Gasteiger partial charge < -0.3 is 9.84 Å². The first-order valence-electron chi connectivity index (χ1n) is 5.39. The largest absolute Gasteiger partial charge is 0.481 e. The molecular weight excluding hydrogens is 224 g/mol. The number of ether oxygens (including phenoxy) is 1. The summed E-state index contributed by atoms with van der Waals surface area (Å²) in [5.74, 6) is 2.77. The number of rotatable bonds is 8. The molecule has 0 unspecified atom stereocenters. The fourth-order valence-electron chi connectivity index (χ4n) is 1.01. The molecule has 0 aromatic rings. The van der Waals surface area contributed by atoms with Crippen LogP contribution in [-0.4, -0.2) is 29.4 Å². The molecule has 0 aromatic carbocycles. The van der Waals surface area contributed by atoms with E-state index in [1.165, 1.54) is 0 Å². The highest BCUT2D eigenvalue weighted by Crippen LogP contribution is 1.98. The lowest BCUT2D eigenvalue weighted by Crippen LogP contribution is -2.18. The van der Waals surface area contributed by atoms with Gasteiger partial charge in [0.05, 0.1) is 13.0 Å². The molecule has 1 N–H and O–H groups in total. The molecular formula is C12H16O5. The van der Waals surface area contributed by atoms with E-state index in [1.807, 2.05) is 0 Å². The zero-order valence-corrected chi connectivity index (χ0v) is 9.82. The molecule has 94 valence electrons.